The lowest BCUT2D eigenvalue weighted by Gasteiger charge is -2.08. The fraction of sp³-hybridized carbons (Fsp3) is 0.133. The molecule has 2 aromatic heterocycles. The number of nitrogens with zero attached hydrogens (tertiary/aromatic N) is 4. The van der Waals surface area contributed by atoms with Crippen LogP contribution < -0.4 is 5.69 Å². The highest BCUT2D eigenvalue weighted by atomic mass is 35.5. The van der Waals surface area contributed by atoms with Gasteiger partial charge in [-0.15, -0.1) is 5.10 Å². The predicted molar refractivity (Wildman–Crippen MR) is 86.7 cm³/mol. The van der Waals surface area contributed by atoms with Gasteiger partial charge in [-0.1, -0.05) is 23.2 Å². The molecule has 0 unspecified atom stereocenters. The number of alkyl halides is 3. The second-order valence-electron chi connectivity index (χ2n) is 5.08. The number of hydrogen-bond acceptors (Lipinski definition) is 3. The summed E-state index contributed by atoms with van der Waals surface area (Å²) in [5.41, 5.74) is -1.13. The maximum Gasteiger partial charge on any atom is 0.417 e. The molecule has 0 bridgehead atoms. The van der Waals surface area contributed by atoms with Gasteiger partial charge >= 0.3 is 11.9 Å². The van der Waals surface area contributed by atoms with Gasteiger partial charge in [0.1, 0.15) is 5.82 Å². The molecule has 0 aliphatic carbocycles. The fourth-order valence-electron chi connectivity index (χ4n) is 2.23. The van der Waals surface area contributed by atoms with Crippen molar-refractivity contribution in [3.8, 4) is 11.5 Å². The lowest BCUT2D eigenvalue weighted by molar-refractivity contribution is -0.137. The second kappa shape index (κ2) is 6.20. The molecule has 0 fully saturated rings. The summed E-state index contributed by atoms with van der Waals surface area (Å²) >= 11 is 11.7. The average molecular weight is 389 g/mol. The van der Waals surface area contributed by atoms with Crippen LogP contribution in [0.15, 0.2) is 41.3 Å². The second-order valence-corrected chi connectivity index (χ2v) is 5.92. The predicted octanol–water partition coefficient (Wildman–Crippen LogP) is 4.05. The van der Waals surface area contributed by atoms with Crippen molar-refractivity contribution in [3.05, 3.63) is 68.4 Å². The highest BCUT2D eigenvalue weighted by Gasteiger charge is 2.32. The van der Waals surface area contributed by atoms with E-state index in [-0.39, 0.29) is 10.8 Å². The summed E-state index contributed by atoms with van der Waals surface area (Å²) in [6, 6.07) is 7.13. The van der Waals surface area contributed by atoms with Gasteiger partial charge in [-0.05, 0) is 37.3 Å². The summed E-state index contributed by atoms with van der Waals surface area (Å²) in [7, 11) is 0. The number of aryl methyl sites for hydroxylation is 1. The van der Waals surface area contributed by atoms with Crippen LogP contribution in [-0.2, 0) is 6.18 Å². The summed E-state index contributed by atoms with van der Waals surface area (Å²) in [5, 5.41) is 4.20. The first kappa shape index (κ1) is 17.5. The molecule has 0 saturated heterocycles. The van der Waals surface area contributed by atoms with E-state index in [0.717, 1.165) is 4.68 Å². The normalized spacial score (nSPS) is 11.8. The van der Waals surface area contributed by atoms with E-state index in [1.54, 1.807) is 31.2 Å². The van der Waals surface area contributed by atoms with E-state index in [1.165, 1.54) is 4.57 Å². The van der Waals surface area contributed by atoms with Gasteiger partial charge in [0.2, 0.25) is 0 Å². The minimum Gasteiger partial charge on any atom is -0.247 e. The Morgan fingerprint density at radius 2 is 1.76 bits per heavy atom. The molecule has 3 rings (SSSR count). The molecule has 0 spiro atoms. The van der Waals surface area contributed by atoms with E-state index in [9.17, 15) is 18.0 Å². The standard InChI is InChI=1S/C15H9Cl2F3N4O/c1-8-22-24(13-12(17)6-9(7-21-13)15(18,19)20)14(25)23(8)11-4-2-10(16)3-5-11/h2-7H,1H3. The molecule has 130 valence electrons. The van der Waals surface area contributed by atoms with Crippen molar-refractivity contribution < 1.29 is 13.2 Å². The Labute approximate surface area is 149 Å². The van der Waals surface area contributed by atoms with Crippen molar-refractivity contribution in [2.75, 3.05) is 0 Å². The topological polar surface area (TPSA) is 52.7 Å². The quantitative estimate of drug-likeness (QED) is 0.665. The van der Waals surface area contributed by atoms with Gasteiger partial charge in [0.15, 0.2) is 5.82 Å². The van der Waals surface area contributed by atoms with Crippen LogP contribution in [0.5, 0.6) is 0 Å². The number of pyridine rings is 1. The Hall–Kier alpha value is -2.32. The Kier molecular flexibility index (Phi) is 4.34. The Morgan fingerprint density at radius 3 is 2.32 bits per heavy atom. The lowest BCUT2D eigenvalue weighted by Crippen LogP contribution is -2.24. The third kappa shape index (κ3) is 3.27. The van der Waals surface area contributed by atoms with Crippen molar-refractivity contribution in [3.63, 3.8) is 0 Å². The average Bonchev–Trinajstić information content (AvgIpc) is 2.82. The molecule has 2 heterocycles. The molecule has 0 radical (unpaired) electrons. The van der Waals surface area contributed by atoms with E-state index in [2.05, 4.69) is 10.1 Å². The summed E-state index contributed by atoms with van der Waals surface area (Å²) in [6.45, 7) is 1.57. The van der Waals surface area contributed by atoms with Crippen LogP contribution >= 0.6 is 23.2 Å². The van der Waals surface area contributed by atoms with Crippen LogP contribution in [0.1, 0.15) is 11.4 Å². The third-order valence-electron chi connectivity index (χ3n) is 3.38. The molecule has 0 atom stereocenters. The maximum absolute atomic E-state index is 12.7. The zero-order valence-electron chi connectivity index (χ0n) is 12.6. The first-order valence-corrected chi connectivity index (χ1v) is 7.62. The highest BCUT2D eigenvalue weighted by molar-refractivity contribution is 6.32. The number of hydrogen-bond donors (Lipinski definition) is 0. The van der Waals surface area contributed by atoms with Gasteiger partial charge in [-0.3, -0.25) is 0 Å². The molecule has 0 aliphatic heterocycles. The molecular weight excluding hydrogens is 380 g/mol. The number of rotatable bonds is 2. The largest absolute Gasteiger partial charge is 0.417 e. The van der Waals surface area contributed by atoms with Crippen LogP contribution in [0.2, 0.25) is 10.0 Å². The summed E-state index contributed by atoms with van der Waals surface area (Å²) in [4.78, 5) is 16.3. The summed E-state index contributed by atoms with van der Waals surface area (Å²) in [5.74, 6) is 0.126. The third-order valence-corrected chi connectivity index (χ3v) is 3.91. The SMILES string of the molecule is Cc1nn(-c2ncc(C(F)(F)F)cc2Cl)c(=O)n1-c1ccc(Cl)cc1. The van der Waals surface area contributed by atoms with E-state index in [4.69, 9.17) is 23.2 Å². The minimum absolute atomic E-state index is 0.185. The zero-order chi connectivity index (χ0) is 18.4. The fourth-order valence-corrected chi connectivity index (χ4v) is 2.60. The van der Waals surface area contributed by atoms with Crippen LogP contribution in [-0.4, -0.2) is 19.3 Å². The maximum atomic E-state index is 12.7. The number of benzene rings is 1. The molecule has 0 amide bonds. The van der Waals surface area contributed by atoms with Gasteiger partial charge < -0.3 is 0 Å². The molecule has 3 aromatic rings. The van der Waals surface area contributed by atoms with Crippen LogP contribution in [0.4, 0.5) is 13.2 Å². The minimum atomic E-state index is -4.58. The molecule has 0 saturated carbocycles. The summed E-state index contributed by atoms with van der Waals surface area (Å²) < 4.78 is 40.2. The monoisotopic (exact) mass is 388 g/mol. The molecule has 10 heteroatoms. The first-order chi connectivity index (χ1) is 11.7. The van der Waals surface area contributed by atoms with Crippen molar-refractivity contribution in [1.29, 1.82) is 0 Å². The smallest absolute Gasteiger partial charge is 0.247 e. The van der Waals surface area contributed by atoms with E-state index in [1.807, 2.05) is 0 Å². The highest BCUT2D eigenvalue weighted by Crippen LogP contribution is 2.31. The van der Waals surface area contributed by atoms with Crippen LogP contribution in [0.25, 0.3) is 11.5 Å². The van der Waals surface area contributed by atoms with Crippen molar-refractivity contribution in [2.45, 2.75) is 13.1 Å². The zero-order valence-corrected chi connectivity index (χ0v) is 14.1. The van der Waals surface area contributed by atoms with E-state index in [0.29, 0.717) is 28.8 Å². The van der Waals surface area contributed by atoms with Gasteiger partial charge in [-0.2, -0.15) is 17.9 Å². The van der Waals surface area contributed by atoms with Crippen LogP contribution in [0.3, 0.4) is 0 Å². The molecular formula is C15H9Cl2F3N4O. The first-order valence-electron chi connectivity index (χ1n) is 6.86. The van der Waals surface area contributed by atoms with Crippen molar-refractivity contribution in [2.24, 2.45) is 0 Å². The molecule has 1 aromatic carbocycles. The van der Waals surface area contributed by atoms with Gasteiger partial charge in [0, 0.05) is 11.2 Å². The van der Waals surface area contributed by atoms with Crippen LogP contribution in [0, 0.1) is 6.92 Å². The van der Waals surface area contributed by atoms with E-state index < -0.39 is 17.4 Å². The number of halogens is 5. The molecule has 0 N–H and O–H groups in total. The molecule has 25 heavy (non-hydrogen) atoms. The Morgan fingerprint density at radius 1 is 1.12 bits per heavy atom. The lowest BCUT2D eigenvalue weighted by atomic mass is 10.3. The van der Waals surface area contributed by atoms with E-state index >= 15 is 0 Å². The van der Waals surface area contributed by atoms with Gasteiger partial charge in [-0.25, -0.2) is 14.3 Å². The molecule has 0 aliphatic rings. The number of aromatic nitrogens is 4. The van der Waals surface area contributed by atoms with Gasteiger partial charge in [0.05, 0.1) is 16.3 Å². The van der Waals surface area contributed by atoms with Crippen molar-refractivity contribution in [1.82, 2.24) is 19.3 Å². The van der Waals surface area contributed by atoms with Crippen molar-refractivity contribution >= 4 is 23.2 Å². The molecule has 5 nitrogen and oxygen atoms in total. The Balaban J connectivity index is 2.13. The van der Waals surface area contributed by atoms with Gasteiger partial charge in [0.25, 0.3) is 0 Å². The Bertz CT molecular complexity index is 993. The summed E-state index contributed by atoms with van der Waals surface area (Å²) in [6.07, 6.45) is -3.98.